The fourth-order valence-corrected chi connectivity index (χ4v) is 2.83. The van der Waals surface area contributed by atoms with Crippen LogP contribution in [-0.2, 0) is 9.53 Å². The fraction of sp³-hybridized carbons (Fsp3) is 0.600. The van der Waals surface area contributed by atoms with E-state index < -0.39 is 0 Å². The largest absolute Gasteiger partial charge is 0.367 e. The van der Waals surface area contributed by atoms with Crippen molar-refractivity contribution < 1.29 is 13.9 Å². The maximum atomic E-state index is 13.2. The molecule has 2 rings (SSSR count). The zero-order valence-electron chi connectivity index (χ0n) is 17.3. The average molecular weight is 506 g/mol. The third-order valence-corrected chi connectivity index (χ3v) is 4.65. The lowest BCUT2D eigenvalue weighted by atomic mass is 10.1. The number of hydrogen-bond acceptors (Lipinski definition) is 3. The minimum Gasteiger partial charge on any atom is -0.367 e. The Morgan fingerprint density at radius 3 is 2.57 bits per heavy atom. The SMILES string of the molecule is CCC(C)NC(=NCC(=O)N(C)C)N1CC(C)OC(c2ccc(F)cc2)C1.I. The number of rotatable bonds is 5. The molecular weight excluding hydrogens is 474 g/mol. The van der Waals surface area contributed by atoms with Crippen molar-refractivity contribution >= 4 is 35.8 Å². The van der Waals surface area contributed by atoms with Crippen LogP contribution in [0.1, 0.15) is 38.9 Å². The molecule has 1 aliphatic rings. The zero-order chi connectivity index (χ0) is 20.0. The van der Waals surface area contributed by atoms with Crippen LogP contribution in [0.25, 0.3) is 0 Å². The van der Waals surface area contributed by atoms with Gasteiger partial charge in [0.25, 0.3) is 0 Å². The van der Waals surface area contributed by atoms with E-state index in [1.807, 2.05) is 6.92 Å². The first kappa shape index (κ1) is 24.6. The summed E-state index contributed by atoms with van der Waals surface area (Å²) in [5, 5.41) is 3.42. The van der Waals surface area contributed by atoms with E-state index >= 15 is 0 Å². The van der Waals surface area contributed by atoms with Crippen molar-refractivity contribution in [2.24, 2.45) is 4.99 Å². The molecule has 1 aromatic carbocycles. The molecule has 3 atom stereocenters. The number of amides is 1. The van der Waals surface area contributed by atoms with E-state index in [1.54, 1.807) is 26.2 Å². The van der Waals surface area contributed by atoms with Gasteiger partial charge in [-0.05, 0) is 38.0 Å². The summed E-state index contributed by atoms with van der Waals surface area (Å²) in [6.07, 6.45) is 0.757. The number of hydrogen-bond donors (Lipinski definition) is 1. The number of carbonyl (C=O) groups excluding carboxylic acids is 1. The summed E-state index contributed by atoms with van der Waals surface area (Å²) in [5.41, 5.74) is 0.931. The standard InChI is InChI=1S/C20H31FN4O2.HI/c1-6-14(2)23-20(22-11-19(26)24(4)5)25-12-15(3)27-18(13-25)16-7-9-17(21)10-8-16;/h7-10,14-15,18H,6,11-13H2,1-5H3,(H,22,23);1H. The lowest BCUT2D eigenvalue weighted by Crippen LogP contribution is -2.52. The molecule has 0 aromatic heterocycles. The molecule has 1 aliphatic heterocycles. The first-order valence-corrected chi connectivity index (χ1v) is 9.47. The fourth-order valence-electron chi connectivity index (χ4n) is 2.83. The molecule has 158 valence electrons. The highest BCUT2D eigenvalue weighted by Crippen LogP contribution is 2.25. The maximum Gasteiger partial charge on any atom is 0.243 e. The number of morpholine rings is 1. The van der Waals surface area contributed by atoms with Crippen molar-refractivity contribution in [1.82, 2.24) is 15.1 Å². The summed E-state index contributed by atoms with van der Waals surface area (Å²) in [4.78, 5) is 20.2. The number of nitrogens with one attached hydrogen (secondary N) is 1. The van der Waals surface area contributed by atoms with Crippen molar-refractivity contribution in [2.75, 3.05) is 33.7 Å². The number of benzene rings is 1. The summed E-state index contributed by atoms with van der Waals surface area (Å²) in [6.45, 7) is 7.56. The average Bonchev–Trinajstić information content (AvgIpc) is 2.64. The molecule has 1 N–H and O–H groups in total. The Morgan fingerprint density at radius 1 is 1.36 bits per heavy atom. The summed E-state index contributed by atoms with van der Waals surface area (Å²) >= 11 is 0. The second-order valence-electron chi connectivity index (χ2n) is 7.27. The summed E-state index contributed by atoms with van der Waals surface area (Å²) in [5.74, 6) is 0.402. The zero-order valence-corrected chi connectivity index (χ0v) is 19.6. The van der Waals surface area contributed by atoms with Crippen molar-refractivity contribution in [1.29, 1.82) is 0 Å². The molecule has 6 nitrogen and oxygen atoms in total. The van der Waals surface area contributed by atoms with Gasteiger partial charge in [-0.25, -0.2) is 9.38 Å². The Kier molecular flexibility index (Phi) is 10.2. The Bertz CT molecular complexity index is 654. The summed E-state index contributed by atoms with van der Waals surface area (Å²) in [6, 6.07) is 6.64. The van der Waals surface area contributed by atoms with Gasteiger partial charge in [-0.3, -0.25) is 4.79 Å². The van der Waals surface area contributed by atoms with Gasteiger partial charge in [-0.15, -0.1) is 24.0 Å². The topological polar surface area (TPSA) is 57.2 Å². The number of carbonyl (C=O) groups is 1. The van der Waals surface area contributed by atoms with Gasteiger partial charge >= 0.3 is 0 Å². The number of nitrogens with zero attached hydrogens (tertiary/aromatic N) is 3. The van der Waals surface area contributed by atoms with Gasteiger partial charge in [-0.1, -0.05) is 19.1 Å². The van der Waals surface area contributed by atoms with E-state index in [0.29, 0.717) is 19.0 Å². The van der Waals surface area contributed by atoms with Gasteiger partial charge in [0, 0.05) is 26.7 Å². The van der Waals surface area contributed by atoms with Crippen LogP contribution >= 0.6 is 24.0 Å². The van der Waals surface area contributed by atoms with E-state index in [0.717, 1.165) is 12.0 Å². The molecule has 1 aromatic rings. The number of guanidine groups is 1. The quantitative estimate of drug-likeness (QED) is 0.379. The molecule has 1 heterocycles. The van der Waals surface area contributed by atoms with Crippen LogP contribution in [0.15, 0.2) is 29.3 Å². The van der Waals surface area contributed by atoms with Crippen LogP contribution in [0.3, 0.4) is 0 Å². The highest BCUT2D eigenvalue weighted by molar-refractivity contribution is 14.0. The third kappa shape index (κ3) is 7.20. The van der Waals surface area contributed by atoms with Crippen molar-refractivity contribution in [3.8, 4) is 0 Å². The van der Waals surface area contributed by atoms with Gasteiger partial charge in [-0.2, -0.15) is 0 Å². The number of halogens is 2. The highest BCUT2D eigenvalue weighted by atomic mass is 127. The van der Waals surface area contributed by atoms with Crippen molar-refractivity contribution in [3.05, 3.63) is 35.6 Å². The minimum absolute atomic E-state index is 0. The van der Waals surface area contributed by atoms with Gasteiger partial charge in [0.05, 0.1) is 12.6 Å². The van der Waals surface area contributed by atoms with Crippen molar-refractivity contribution in [2.45, 2.75) is 45.4 Å². The molecule has 0 aliphatic carbocycles. The normalized spacial score (nSPS) is 20.9. The van der Waals surface area contributed by atoms with E-state index in [1.165, 1.54) is 17.0 Å². The number of likely N-dealkylation sites (N-methyl/N-ethyl adjacent to an activating group) is 1. The maximum absolute atomic E-state index is 13.2. The van der Waals surface area contributed by atoms with Gasteiger partial charge in [0.2, 0.25) is 5.91 Å². The molecular formula is C20H32FIN4O2. The molecule has 0 radical (unpaired) electrons. The van der Waals surface area contributed by atoms with Crippen LogP contribution in [0.4, 0.5) is 4.39 Å². The molecule has 8 heteroatoms. The predicted octanol–water partition coefficient (Wildman–Crippen LogP) is 3.04. The Balaban J connectivity index is 0.00000392. The van der Waals surface area contributed by atoms with Crippen molar-refractivity contribution in [3.63, 3.8) is 0 Å². The van der Waals surface area contributed by atoms with E-state index in [-0.39, 0.29) is 60.5 Å². The predicted molar refractivity (Wildman–Crippen MR) is 121 cm³/mol. The summed E-state index contributed by atoms with van der Waals surface area (Å²) < 4.78 is 19.3. The van der Waals surface area contributed by atoms with Gasteiger partial charge in [0.1, 0.15) is 18.5 Å². The van der Waals surface area contributed by atoms with Crippen LogP contribution in [0, 0.1) is 5.82 Å². The smallest absolute Gasteiger partial charge is 0.243 e. The van der Waals surface area contributed by atoms with Crippen LogP contribution in [0.5, 0.6) is 0 Å². The Morgan fingerprint density at radius 2 is 2.00 bits per heavy atom. The molecule has 28 heavy (non-hydrogen) atoms. The molecule has 1 amide bonds. The first-order valence-electron chi connectivity index (χ1n) is 9.47. The highest BCUT2D eigenvalue weighted by Gasteiger charge is 2.29. The first-order chi connectivity index (χ1) is 12.8. The van der Waals surface area contributed by atoms with E-state index in [4.69, 9.17) is 4.74 Å². The number of ether oxygens (including phenoxy) is 1. The van der Waals surface area contributed by atoms with Crippen LogP contribution in [-0.4, -0.2) is 67.5 Å². The second kappa shape index (κ2) is 11.5. The lowest BCUT2D eigenvalue weighted by Gasteiger charge is -2.39. The van der Waals surface area contributed by atoms with Crippen LogP contribution in [0.2, 0.25) is 0 Å². The molecule has 3 unspecified atom stereocenters. The molecule has 1 fully saturated rings. The third-order valence-electron chi connectivity index (χ3n) is 4.65. The second-order valence-corrected chi connectivity index (χ2v) is 7.27. The van der Waals surface area contributed by atoms with E-state index in [9.17, 15) is 9.18 Å². The number of aliphatic imine (C=N–C) groups is 1. The minimum atomic E-state index is -0.262. The molecule has 1 saturated heterocycles. The molecule has 0 saturated carbocycles. The van der Waals surface area contributed by atoms with Crippen LogP contribution < -0.4 is 5.32 Å². The Labute approximate surface area is 184 Å². The molecule has 0 spiro atoms. The van der Waals surface area contributed by atoms with Gasteiger partial charge in [0.15, 0.2) is 5.96 Å². The van der Waals surface area contributed by atoms with E-state index in [2.05, 4.69) is 29.1 Å². The van der Waals surface area contributed by atoms with Gasteiger partial charge < -0.3 is 19.9 Å². The Hall–Kier alpha value is -1.42. The monoisotopic (exact) mass is 506 g/mol. The summed E-state index contributed by atoms with van der Waals surface area (Å²) in [7, 11) is 3.45. The molecule has 0 bridgehead atoms. The lowest BCUT2D eigenvalue weighted by molar-refractivity contribution is -0.127.